The number of esters is 2. The van der Waals surface area contributed by atoms with Gasteiger partial charge in [-0.2, -0.15) is 0 Å². The highest BCUT2D eigenvalue weighted by Crippen LogP contribution is 2.52. The Hall–Kier alpha value is -6.18. The summed E-state index contributed by atoms with van der Waals surface area (Å²) in [5.74, 6) is -0.912. The predicted octanol–water partition coefficient (Wildman–Crippen LogP) is 10.1. The molecular weight excluding hydrogens is 1290 g/mol. The Kier molecular flexibility index (Phi) is 26.7. The number of rotatable bonds is 12. The summed E-state index contributed by atoms with van der Waals surface area (Å²) in [6, 6.07) is 6.45. The first kappa shape index (κ1) is 79.8. The number of ether oxygens (including phenoxy) is 10. The number of benzene rings is 2. The van der Waals surface area contributed by atoms with E-state index in [0.29, 0.717) is 45.8 Å². The van der Waals surface area contributed by atoms with E-state index in [0.717, 1.165) is 22.3 Å². The molecule has 4 saturated heterocycles. The number of fused-ring (bicyclic) bond motifs is 10. The number of aliphatic hydroxyl groups is 2. The van der Waals surface area contributed by atoms with Crippen molar-refractivity contribution in [3.05, 3.63) is 118 Å². The van der Waals surface area contributed by atoms with E-state index in [1.54, 1.807) is 40.1 Å². The van der Waals surface area contributed by atoms with Crippen LogP contribution in [0.2, 0.25) is 10.0 Å². The number of carbonyl (C=O) groups is 4. The van der Waals surface area contributed by atoms with Gasteiger partial charge in [-0.15, -0.1) is 0 Å². The van der Waals surface area contributed by atoms with Gasteiger partial charge in [0.15, 0.2) is 23.2 Å². The number of anilines is 2. The lowest BCUT2D eigenvalue weighted by Crippen LogP contribution is -2.60. The number of epoxide rings is 2. The summed E-state index contributed by atoms with van der Waals surface area (Å²) in [6.07, 6.45) is 6.81. The molecule has 2 amide bonds. The lowest BCUT2D eigenvalue weighted by molar-refractivity contribution is -0.161. The highest BCUT2D eigenvalue weighted by atomic mass is 35.5. The molecule has 540 valence electrons. The fourth-order valence-corrected chi connectivity index (χ4v) is 13.8. The summed E-state index contributed by atoms with van der Waals surface area (Å²) in [5.41, 5.74) is -0.425. The molecule has 2 aromatic carbocycles. The molecule has 22 nitrogen and oxygen atoms in total. The average Bonchev–Trinajstić information content (AvgIpc) is 1.58. The van der Waals surface area contributed by atoms with Crippen molar-refractivity contribution in [2.24, 2.45) is 11.8 Å². The average molecular weight is 1400 g/mol. The van der Waals surface area contributed by atoms with Gasteiger partial charge in [-0.1, -0.05) is 92.1 Å². The van der Waals surface area contributed by atoms with Gasteiger partial charge in [0, 0.05) is 65.1 Å². The summed E-state index contributed by atoms with van der Waals surface area (Å²) < 4.78 is 59.9. The number of nitrogens with one attached hydrogen (secondary N) is 2. The summed E-state index contributed by atoms with van der Waals surface area (Å²) in [6.45, 7) is 31.0. The molecule has 0 spiro atoms. The maximum atomic E-state index is 14.1. The summed E-state index contributed by atoms with van der Waals surface area (Å²) in [4.78, 5) is 61.9. The zero-order valence-electron chi connectivity index (χ0n) is 59.7. The van der Waals surface area contributed by atoms with Gasteiger partial charge in [-0.05, 0) is 145 Å². The molecule has 8 rings (SSSR count). The van der Waals surface area contributed by atoms with Crippen LogP contribution in [0.1, 0.15) is 127 Å². The fourth-order valence-electron chi connectivity index (χ4n) is 13.1. The number of carbonyl (C=O) groups excluding carboxylic acids is 4. The molecule has 0 radical (unpaired) electrons. The van der Waals surface area contributed by atoms with E-state index in [1.807, 2.05) is 142 Å². The number of methoxy groups -OCH3 is 4. The monoisotopic (exact) mass is 1390 g/mol. The van der Waals surface area contributed by atoms with Gasteiger partial charge in [-0.3, -0.25) is 29.0 Å². The molecule has 8 bridgehead atoms. The fraction of sp³-hybridized carbons (Fsp3) is 0.616. The Bertz CT molecular complexity index is 3110. The van der Waals surface area contributed by atoms with E-state index in [1.165, 1.54) is 38.2 Å². The highest BCUT2D eigenvalue weighted by molar-refractivity contribution is 6.35. The molecule has 6 heterocycles. The maximum absolute atomic E-state index is 14.1. The molecule has 4 N–H and O–H groups in total. The first-order chi connectivity index (χ1) is 44.9. The van der Waals surface area contributed by atoms with Crippen molar-refractivity contribution in [3.8, 4) is 11.5 Å². The van der Waals surface area contributed by atoms with Gasteiger partial charge in [-0.25, -0.2) is 0 Å². The van der Waals surface area contributed by atoms with Gasteiger partial charge in [0.25, 0.3) is 0 Å². The smallest absolute Gasteiger partial charge is 0.323 e. The Morgan fingerprint density at radius 2 is 0.979 bits per heavy atom. The van der Waals surface area contributed by atoms with Crippen molar-refractivity contribution in [3.63, 3.8) is 0 Å². The van der Waals surface area contributed by atoms with E-state index < -0.39 is 95.5 Å². The van der Waals surface area contributed by atoms with Gasteiger partial charge in [0.1, 0.15) is 81.5 Å². The molecule has 0 saturated carbocycles. The molecule has 0 aromatic heterocycles. The van der Waals surface area contributed by atoms with E-state index in [4.69, 9.17) is 70.6 Å². The lowest BCUT2D eigenvalue weighted by atomic mass is 9.83. The van der Waals surface area contributed by atoms with Crippen molar-refractivity contribution in [2.45, 2.75) is 225 Å². The molecule has 24 heteroatoms. The van der Waals surface area contributed by atoms with Crippen LogP contribution >= 0.6 is 23.2 Å². The van der Waals surface area contributed by atoms with E-state index in [9.17, 15) is 29.4 Å². The van der Waals surface area contributed by atoms with Crippen molar-refractivity contribution < 1.29 is 76.8 Å². The quantitative estimate of drug-likeness (QED) is 0.114. The second-order valence-corrected chi connectivity index (χ2v) is 28.3. The van der Waals surface area contributed by atoms with Crippen LogP contribution in [-0.4, -0.2) is 196 Å². The minimum atomic E-state index is -1.53. The zero-order valence-corrected chi connectivity index (χ0v) is 61.2. The maximum Gasteiger partial charge on any atom is 0.323 e. The van der Waals surface area contributed by atoms with Crippen LogP contribution in [-0.2, 0) is 69.9 Å². The zero-order chi connectivity index (χ0) is 71.4. The molecule has 6 aliphatic rings. The molecular formula is C73H108Cl2N6O16. The Balaban J connectivity index is 0.000000303. The van der Waals surface area contributed by atoms with Crippen LogP contribution < -0.4 is 29.9 Å². The number of allylic oxidation sites excluding steroid dienone is 6. The SMILES string of the molecule is C.C=C1NC2(O)CC(O1)C(C)C1OC1(C)C(OC(=O)C(C)N(C)C(C)C)CC(=O)N(C)c1cc(cc(OC)c1Cl)C/C(C)=C/C=C/C2OC.C=C1N[C@]2(O)CC(O1)[C@@H](C)[C@@H]1O[C@@]1(C)[C@@H](OC(=O)[C@H](C)N(C)C(C)C)CC(=O)N(C)c1cc(cc(OC)c1Cl)C/C(C)=C/C=C/[C@H]2OC. The van der Waals surface area contributed by atoms with Crippen LogP contribution in [0.15, 0.2) is 96.8 Å². The first-order valence-electron chi connectivity index (χ1n) is 32.8. The summed E-state index contributed by atoms with van der Waals surface area (Å²) >= 11 is 13.5. The number of amides is 2. The van der Waals surface area contributed by atoms with E-state index >= 15 is 0 Å². The second kappa shape index (κ2) is 32.4. The minimum Gasteiger partial charge on any atom is -0.495 e. The number of likely N-dealkylation sites (N-methyl/N-ethyl adjacent to an activating group) is 2. The van der Waals surface area contributed by atoms with Gasteiger partial charge < -0.3 is 78.0 Å². The van der Waals surface area contributed by atoms with Crippen molar-refractivity contribution in [1.82, 2.24) is 20.4 Å². The highest BCUT2D eigenvalue weighted by Gasteiger charge is 2.66. The normalized spacial score (nSPS) is 33.2. The van der Waals surface area contributed by atoms with E-state index in [-0.39, 0.29) is 80.6 Å². The van der Waals surface area contributed by atoms with Gasteiger partial charge >= 0.3 is 11.9 Å². The molecule has 97 heavy (non-hydrogen) atoms. The third kappa shape index (κ3) is 18.1. The number of nitrogens with zero attached hydrogens (tertiary/aromatic N) is 4. The number of hydrogen-bond donors (Lipinski definition) is 4. The van der Waals surface area contributed by atoms with Crippen LogP contribution in [0.25, 0.3) is 0 Å². The van der Waals surface area contributed by atoms with Crippen molar-refractivity contribution >= 4 is 58.3 Å². The molecule has 2 aromatic rings. The summed E-state index contributed by atoms with van der Waals surface area (Å²) in [7, 11) is 13.1. The lowest BCUT2D eigenvalue weighted by Gasteiger charge is -2.44. The predicted molar refractivity (Wildman–Crippen MR) is 376 cm³/mol. The minimum absolute atomic E-state index is 0. The van der Waals surface area contributed by atoms with Gasteiger partial charge in [0.05, 0.1) is 50.6 Å². The third-order valence-corrected chi connectivity index (χ3v) is 20.9. The topological polar surface area (TPSA) is 245 Å². The Morgan fingerprint density at radius 1 is 0.639 bits per heavy atom. The summed E-state index contributed by atoms with van der Waals surface area (Å²) in [5, 5.41) is 30.2. The molecule has 0 aliphatic carbocycles. The largest absolute Gasteiger partial charge is 0.495 e. The first-order valence-corrected chi connectivity index (χ1v) is 33.6. The third-order valence-electron chi connectivity index (χ3n) is 20.1. The Morgan fingerprint density at radius 3 is 1.29 bits per heavy atom. The van der Waals surface area contributed by atoms with E-state index in [2.05, 4.69) is 23.8 Å². The van der Waals surface area contributed by atoms with Crippen molar-refractivity contribution in [2.75, 3.05) is 66.4 Å². The molecule has 6 aliphatic heterocycles. The van der Waals surface area contributed by atoms with Crippen LogP contribution in [0.4, 0.5) is 11.4 Å². The van der Waals surface area contributed by atoms with Crippen LogP contribution in [0, 0.1) is 11.8 Å². The van der Waals surface area contributed by atoms with Gasteiger partial charge in [0.2, 0.25) is 11.8 Å². The Labute approximate surface area is 585 Å². The van der Waals surface area contributed by atoms with Crippen LogP contribution in [0.3, 0.4) is 0 Å². The number of halogens is 2. The second-order valence-electron chi connectivity index (χ2n) is 27.6. The molecule has 4 fully saturated rings. The standard InChI is InChI=1S/2C36H52ClN3O8.CH4/c2*1-20(2)39(8)23(5)34(42)47-30-18-31(41)40(9)26-16-25(17-27(44-10)32(26)37)15-21(3)13-12-14-29(45-11)36(43)19-28(46-24(6)38-36)22(4)33-35(30,7)48-33;/h2*12-14,16-17,20,22-23,28-30,33,38,43H,6,15,18-19H2,1-5,7-11H3;1H4/b2*14-12+,21-13+;/t22-,23+,28?,29-,30+,33+,35+,36+;;/m1../s1. The van der Waals surface area contributed by atoms with Crippen LogP contribution in [0.5, 0.6) is 11.5 Å². The van der Waals surface area contributed by atoms with Crippen molar-refractivity contribution in [1.29, 1.82) is 0 Å². The number of hydrogen-bond acceptors (Lipinski definition) is 20. The molecule has 9 unspecified atom stereocenters. The molecule has 16 atom stereocenters.